The molecule has 0 bridgehead atoms. The van der Waals surface area contributed by atoms with E-state index in [4.69, 9.17) is 4.98 Å². The van der Waals surface area contributed by atoms with Crippen molar-refractivity contribution in [2.24, 2.45) is 0 Å². The number of imidazole rings is 1. The maximum absolute atomic E-state index is 11.8. The minimum atomic E-state index is -3.25. The summed E-state index contributed by atoms with van der Waals surface area (Å²) in [6, 6.07) is 33.0. The van der Waals surface area contributed by atoms with E-state index in [1.54, 1.807) is 24.3 Å². The first-order chi connectivity index (χ1) is 15.5. The third-order valence-electron chi connectivity index (χ3n) is 5.29. The molecule has 0 aliphatic heterocycles. The van der Waals surface area contributed by atoms with Gasteiger partial charge in [-0.25, -0.2) is 13.4 Å². The zero-order valence-electron chi connectivity index (χ0n) is 17.4. The highest BCUT2D eigenvalue weighted by Gasteiger charge is 2.15. The van der Waals surface area contributed by atoms with Crippen molar-refractivity contribution in [1.82, 2.24) is 9.55 Å². The van der Waals surface area contributed by atoms with Gasteiger partial charge in [0.15, 0.2) is 9.84 Å². The Kier molecular flexibility index (Phi) is 4.99. The number of hydrogen-bond donors (Lipinski definition) is 1. The Morgan fingerprint density at radius 1 is 0.719 bits per heavy atom. The van der Waals surface area contributed by atoms with Gasteiger partial charge in [-0.2, -0.15) is 0 Å². The van der Waals surface area contributed by atoms with Crippen LogP contribution in [0, 0.1) is 0 Å². The van der Waals surface area contributed by atoms with Gasteiger partial charge in [-0.3, -0.25) is 4.57 Å². The number of fused-ring (bicyclic) bond motifs is 1. The van der Waals surface area contributed by atoms with E-state index in [2.05, 4.69) is 9.88 Å². The highest BCUT2D eigenvalue weighted by atomic mass is 32.2. The quantitative estimate of drug-likeness (QED) is 0.374. The molecule has 0 aliphatic carbocycles. The first-order valence-electron chi connectivity index (χ1n) is 10.2. The lowest BCUT2D eigenvalue weighted by molar-refractivity contribution is 0.602. The average molecular weight is 440 g/mol. The van der Waals surface area contributed by atoms with E-state index in [0.717, 1.165) is 39.5 Å². The van der Waals surface area contributed by atoms with Gasteiger partial charge in [-0.1, -0.05) is 30.3 Å². The predicted molar refractivity (Wildman–Crippen MR) is 129 cm³/mol. The van der Waals surface area contributed by atoms with Crippen molar-refractivity contribution in [3.8, 4) is 17.1 Å². The van der Waals surface area contributed by atoms with Crippen LogP contribution >= 0.6 is 0 Å². The van der Waals surface area contributed by atoms with Crippen LogP contribution in [0.25, 0.3) is 28.1 Å². The molecule has 0 aliphatic rings. The van der Waals surface area contributed by atoms with Gasteiger partial charge in [0.2, 0.25) is 0 Å². The molecule has 0 spiro atoms. The number of aromatic nitrogens is 2. The molecule has 5 aromatic rings. The molecule has 0 fully saturated rings. The fourth-order valence-corrected chi connectivity index (χ4v) is 4.34. The number of rotatable bonds is 5. The molecule has 0 radical (unpaired) electrons. The first kappa shape index (κ1) is 20.0. The number of nitrogens with zero attached hydrogens (tertiary/aromatic N) is 2. The fourth-order valence-electron chi connectivity index (χ4n) is 3.71. The Morgan fingerprint density at radius 2 is 1.34 bits per heavy atom. The van der Waals surface area contributed by atoms with Gasteiger partial charge in [-0.05, 0) is 72.8 Å². The highest BCUT2D eigenvalue weighted by molar-refractivity contribution is 7.90. The van der Waals surface area contributed by atoms with Crippen molar-refractivity contribution < 1.29 is 8.42 Å². The Balaban J connectivity index is 1.58. The molecule has 32 heavy (non-hydrogen) atoms. The zero-order valence-corrected chi connectivity index (χ0v) is 18.3. The third kappa shape index (κ3) is 3.88. The Labute approximate surface area is 186 Å². The number of hydrogen-bond acceptors (Lipinski definition) is 4. The Hall–Kier alpha value is -3.90. The summed E-state index contributed by atoms with van der Waals surface area (Å²) in [5.74, 6) is 0.759. The van der Waals surface area contributed by atoms with Gasteiger partial charge in [-0.15, -0.1) is 0 Å². The van der Waals surface area contributed by atoms with Crippen molar-refractivity contribution in [3.63, 3.8) is 0 Å². The SMILES string of the molecule is CS(=O)(=O)c1ccc(-c2nc3ccccc3n2-c2ccc(Nc3ccccc3)cc2)cc1. The molecule has 1 N–H and O–H groups in total. The summed E-state index contributed by atoms with van der Waals surface area (Å²) < 4.78 is 25.8. The second kappa shape index (κ2) is 7.98. The van der Waals surface area contributed by atoms with Gasteiger partial charge < -0.3 is 5.32 Å². The molecular weight excluding hydrogens is 418 g/mol. The minimum Gasteiger partial charge on any atom is -0.356 e. The molecule has 0 unspecified atom stereocenters. The number of anilines is 2. The van der Waals surface area contributed by atoms with Crippen LogP contribution in [0.1, 0.15) is 0 Å². The topological polar surface area (TPSA) is 64.0 Å². The first-order valence-corrected chi connectivity index (χ1v) is 12.1. The van der Waals surface area contributed by atoms with Crippen molar-refractivity contribution in [1.29, 1.82) is 0 Å². The standard InChI is InChI=1S/C26H21N3O2S/c1-32(30,31)23-17-11-19(12-18-23)26-28-24-9-5-6-10-25(24)29(26)22-15-13-21(14-16-22)27-20-7-3-2-4-8-20/h2-18,27H,1H3. The van der Waals surface area contributed by atoms with E-state index in [0.29, 0.717) is 4.90 Å². The molecule has 5 rings (SSSR count). The monoisotopic (exact) mass is 439 g/mol. The van der Waals surface area contributed by atoms with Crippen LogP contribution < -0.4 is 5.32 Å². The van der Waals surface area contributed by atoms with Gasteiger partial charge in [0.25, 0.3) is 0 Å². The summed E-state index contributed by atoms with van der Waals surface area (Å²) in [6.45, 7) is 0. The summed E-state index contributed by atoms with van der Waals surface area (Å²) in [7, 11) is -3.25. The normalized spacial score (nSPS) is 11.5. The molecule has 0 amide bonds. The molecule has 5 nitrogen and oxygen atoms in total. The summed E-state index contributed by atoms with van der Waals surface area (Å²) in [5.41, 5.74) is 5.70. The number of sulfone groups is 1. The van der Waals surface area contributed by atoms with Gasteiger partial charge in [0.1, 0.15) is 5.82 Å². The lowest BCUT2D eigenvalue weighted by atomic mass is 10.2. The molecule has 0 saturated carbocycles. The molecule has 1 aromatic heterocycles. The Bertz CT molecular complexity index is 1490. The van der Waals surface area contributed by atoms with Crippen LogP contribution in [0.15, 0.2) is 108 Å². The van der Waals surface area contributed by atoms with Gasteiger partial charge >= 0.3 is 0 Å². The lowest BCUT2D eigenvalue weighted by Gasteiger charge is -2.12. The van der Waals surface area contributed by atoms with E-state index in [1.165, 1.54) is 6.26 Å². The van der Waals surface area contributed by atoms with Crippen LogP contribution in [0.3, 0.4) is 0 Å². The predicted octanol–water partition coefficient (Wildman–Crippen LogP) is 5.84. The summed E-state index contributed by atoms with van der Waals surface area (Å²) >= 11 is 0. The van der Waals surface area contributed by atoms with Gasteiger partial charge in [0.05, 0.1) is 15.9 Å². The maximum Gasteiger partial charge on any atom is 0.175 e. The largest absolute Gasteiger partial charge is 0.356 e. The fraction of sp³-hybridized carbons (Fsp3) is 0.0385. The third-order valence-corrected chi connectivity index (χ3v) is 6.42. The lowest BCUT2D eigenvalue weighted by Crippen LogP contribution is -2.00. The number of nitrogens with one attached hydrogen (secondary N) is 1. The van der Waals surface area contributed by atoms with E-state index in [9.17, 15) is 8.42 Å². The summed E-state index contributed by atoms with van der Waals surface area (Å²) in [4.78, 5) is 5.13. The second-order valence-corrected chi connectivity index (χ2v) is 9.61. The number of benzene rings is 4. The number of para-hydroxylation sites is 3. The van der Waals surface area contributed by atoms with Crippen molar-refractivity contribution in [2.75, 3.05) is 11.6 Å². The minimum absolute atomic E-state index is 0.292. The molecule has 4 aromatic carbocycles. The van der Waals surface area contributed by atoms with E-state index in [-0.39, 0.29) is 0 Å². The summed E-state index contributed by atoms with van der Waals surface area (Å²) in [6.07, 6.45) is 1.21. The van der Waals surface area contributed by atoms with Crippen molar-refractivity contribution >= 4 is 32.2 Å². The van der Waals surface area contributed by atoms with Crippen LogP contribution in [0.5, 0.6) is 0 Å². The molecule has 1 heterocycles. The molecule has 158 valence electrons. The average Bonchev–Trinajstić information content (AvgIpc) is 3.19. The van der Waals surface area contributed by atoms with Crippen molar-refractivity contribution in [3.05, 3.63) is 103 Å². The van der Waals surface area contributed by atoms with E-state index >= 15 is 0 Å². The van der Waals surface area contributed by atoms with Gasteiger partial charge in [0, 0.05) is 28.9 Å². The van der Waals surface area contributed by atoms with E-state index < -0.39 is 9.84 Å². The van der Waals surface area contributed by atoms with Crippen LogP contribution in [0.4, 0.5) is 11.4 Å². The second-order valence-electron chi connectivity index (χ2n) is 7.59. The summed E-state index contributed by atoms with van der Waals surface area (Å²) in [5, 5.41) is 3.40. The van der Waals surface area contributed by atoms with Crippen LogP contribution in [-0.2, 0) is 9.84 Å². The molecular formula is C26H21N3O2S. The highest BCUT2D eigenvalue weighted by Crippen LogP contribution is 2.30. The molecule has 0 atom stereocenters. The smallest absolute Gasteiger partial charge is 0.175 e. The Morgan fingerprint density at radius 3 is 2.03 bits per heavy atom. The van der Waals surface area contributed by atoms with Crippen molar-refractivity contribution in [2.45, 2.75) is 4.90 Å². The van der Waals surface area contributed by atoms with Crippen LogP contribution in [-0.4, -0.2) is 24.2 Å². The van der Waals surface area contributed by atoms with E-state index in [1.807, 2.05) is 78.9 Å². The molecule has 6 heteroatoms. The maximum atomic E-state index is 11.8. The molecule has 0 saturated heterocycles. The zero-order chi connectivity index (χ0) is 22.1. The van der Waals surface area contributed by atoms with Crippen LogP contribution in [0.2, 0.25) is 0 Å².